The molecule has 0 amide bonds. The number of carbonyl (C=O) groups excluding carboxylic acids is 1. The number of rotatable bonds is 16. The van der Waals surface area contributed by atoms with Crippen LogP contribution in [0.4, 0.5) is 5.69 Å². The van der Waals surface area contributed by atoms with Crippen molar-refractivity contribution in [1.29, 1.82) is 0 Å². The Kier molecular flexibility index (Phi) is 12.5. The summed E-state index contributed by atoms with van der Waals surface area (Å²) in [7, 11) is 0. The Bertz CT molecular complexity index is 1400. The van der Waals surface area contributed by atoms with Gasteiger partial charge in [-0.3, -0.25) is 4.79 Å². The fraction of sp³-hybridized carbons (Fsp3) is 0.487. The van der Waals surface area contributed by atoms with Crippen LogP contribution in [0.1, 0.15) is 108 Å². The van der Waals surface area contributed by atoms with Crippen LogP contribution in [0.3, 0.4) is 0 Å². The van der Waals surface area contributed by atoms with Crippen molar-refractivity contribution < 1.29 is 24.2 Å². The molecule has 6 nitrogen and oxygen atoms in total. The molecule has 0 spiro atoms. The fourth-order valence-electron chi connectivity index (χ4n) is 6.01. The van der Waals surface area contributed by atoms with Crippen molar-refractivity contribution in [3.05, 3.63) is 71.8 Å². The predicted molar refractivity (Wildman–Crippen MR) is 183 cm³/mol. The van der Waals surface area contributed by atoms with Gasteiger partial charge in [-0.1, -0.05) is 90.5 Å². The van der Waals surface area contributed by atoms with Gasteiger partial charge in [-0.25, -0.2) is 4.79 Å². The maximum Gasteiger partial charge on any atom is 0.335 e. The first-order valence-electron chi connectivity index (χ1n) is 16.8. The highest BCUT2D eigenvalue weighted by Crippen LogP contribution is 2.40. The molecule has 242 valence electrons. The molecule has 1 aliphatic rings. The molecule has 1 aliphatic heterocycles. The van der Waals surface area contributed by atoms with Crippen molar-refractivity contribution in [1.82, 2.24) is 0 Å². The number of anilines is 1. The number of hydrogen-bond acceptors (Lipinski definition) is 5. The molecule has 0 aliphatic carbocycles. The van der Waals surface area contributed by atoms with Gasteiger partial charge < -0.3 is 19.5 Å². The van der Waals surface area contributed by atoms with Crippen molar-refractivity contribution in [2.24, 2.45) is 0 Å². The molecular formula is C39H51NO5. The molecule has 6 heteroatoms. The number of ether oxygens (including phenoxy) is 2. The maximum absolute atomic E-state index is 12.3. The van der Waals surface area contributed by atoms with E-state index in [2.05, 4.69) is 56.9 Å². The number of aromatic carboxylic acids is 1. The normalized spacial score (nSPS) is 13.2. The molecule has 3 aromatic carbocycles. The Morgan fingerprint density at radius 2 is 1.42 bits per heavy atom. The van der Waals surface area contributed by atoms with Gasteiger partial charge in [0.2, 0.25) is 0 Å². The number of benzene rings is 3. The summed E-state index contributed by atoms with van der Waals surface area (Å²) in [5.74, 6) is -0.389. The van der Waals surface area contributed by atoms with E-state index < -0.39 is 5.97 Å². The Morgan fingerprint density at radius 3 is 2.09 bits per heavy atom. The van der Waals surface area contributed by atoms with Gasteiger partial charge in [0.05, 0.1) is 5.56 Å². The second-order valence-electron chi connectivity index (χ2n) is 13.2. The average Bonchev–Trinajstić information content (AvgIpc) is 3.57. The lowest BCUT2D eigenvalue weighted by molar-refractivity contribution is -0.144. The van der Waals surface area contributed by atoms with Gasteiger partial charge in [-0.2, -0.15) is 0 Å². The molecule has 3 aromatic rings. The van der Waals surface area contributed by atoms with Gasteiger partial charge >= 0.3 is 11.9 Å². The molecule has 0 aromatic heterocycles. The first-order valence-corrected chi connectivity index (χ1v) is 16.8. The highest BCUT2D eigenvalue weighted by molar-refractivity contribution is 5.88. The fourth-order valence-corrected chi connectivity index (χ4v) is 6.01. The monoisotopic (exact) mass is 613 g/mol. The van der Waals surface area contributed by atoms with Crippen LogP contribution in [-0.4, -0.2) is 43.3 Å². The Balaban J connectivity index is 1.51. The summed E-state index contributed by atoms with van der Waals surface area (Å²) in [6.45, 7) is 11.6. The molecule has 0 saturated carbocycles. The van der Waals surface area contributed by atoms with E-state index >= 15 is 0 Å². The highest BCUT2D eigenvalue weighted by atomic mass is 16.6. The third-order valence-corrected chi connectivity index (χ3v) is 8.60. The second-order valence-corrected chi connectivity index (χ2v) is 13.2. The lowest BCUT2D eigenvalue weighted by atomic mass is 9.83. The topological polar surface area (TPSA) is 76.1 Å². The van der Waals surface area contributed by atoms with E-state index in [4.69, 9.17) is 9.47 Å². The molecule has 0 atom stereocenters. The molecule has 4 rings (SSSR count). The van der Waals surface area contributed by atoms with Gasteiger partial charge in [0.25, 0.3) is 0 Å². The summed E-state index contributed by atoms with van der Waals surface area (Å²) in [6.07, 6.45) is 11.0. The lowest BCUT2D eigenvalue weighted by Crippen LogP contribution is -2.23. The first-order chi connectivity index (χ1) is 21.7. The van der Waals surface area contributed by atoms with Crippen molar-refractivity contribution in [2.75, 3.05) is 31.2 Å². The summed E-state index contributed by atoms with van der Waals surface area (Å²) in [6, 6.07) is 19.7. The van der Waals surface area contributed by atoms with Crippen LogP contribution in [-0.2, 0) is 14.9 Å². The quantitative estimate of drug-likeness (QED) is 0.128. The smallest absolute Gasteiger partial charge is 0.335 e. The average molecular weight is 614 g/mol. The van der Waals surface area contributed by atoms with Crippen molar-refractivity contribution in [3.8, 4) is 28.0 Å². The third-order valence-electron chi connectivity index (χ3n) is 8.60. The van der Waals surface area contributed by atoms with Crippen molar-refractivity contribution in [3.63, 3.8) is 0 Å². The Morgan fingerprint density at radius 1 is 0.778 bits per heavy atom. The molecule has 1 N–H and O–H groups in total. The second kappa shape index (κ2) is 16.5. The van der Waals surface area contributed by atoms with Crippen LogP contribution < -0.4 is 9.64 Å². The van der Waals surface area contributed by atoms with E-state index in [1.54, 1.807) is 12.1 Å². The van der Waals surface area contributed by atoms with E-state index in [1.807, 2.05) is 24.3 Å². The van der Waals surface area contributed by atoms with E-state index in [1.165, 1.54) is 56.2 Å². The van der Waals surface area contributed by atoms with Crippen LogP contribution in [0.25, 0.3) is 22.3 Å². The molecule has 0 bridgehead atoms. The third kappa shape index (κ3) is 9.84. The lowest BCUT2D eigenvalue weighted by Gasteiger charge is -2.29. The SMILES string of the molecule is CCCCCCCCCC(=O)OCCOc1ccc(-c2ccc(C(=O)O)cc2)cc1-c1ccc(N2CCCC2)c(C(C)(C)C)c1. The zero-order valence-corrected chi connectivity index (χ0v) is 27.7. The van der Waals surface area contributed by atoms with Crippen LogP contribution in [0.2, 0.25) is 0 Å². The Labute approximate surface area is 269 Å². The van der Waals surface area contributed by atoms with E-state index in [0.717, 1.165) is 53.9 Å². The highest BCUT2D eigenvalue weighted by Gasteiger charge is 2.24. The molecule has 1 heterocycles. The van der Waals surface area contributed by atoms with Gasteiger partial charge in [0, 0.05) is 30.8 Å². The number of hydrogen-bond donors (Lipinski definition) is 1. The number of esters is 1. The van der Waals surface area contributed by atoms with Crippen LogP contribution >= 0.6 is 0 Å². The zero-order valence-electron chi connectivity index (χ0n) is 27.7. The van der Waals surface area contributed by atoms with E-state index in [-0.39, 0.29) is 30.2 Å². The summed E-state index contributed by atoms with van der Waals surface area (Å²) >= 11 is 0. The number of unbranched alkanes of at least 4 members (excludes halogenated alkanes) is 6. The molecule has 0 radical (unpaired) electrons. The predicted octanol–water partition coefficient (Wildman–Crippen LogP) is 9.68. The summed E-state index contributed by atoms with van der Waals surface area (Å²) < 4.78 is 11.8. The van der Waals surface area contributed by atoms with Gasteiger partial charge in [-0.05, 0) is 83.3 Å². The first kappa shape index (κ1) is 34.1. The summed E-state index contributed by atoms with van der Waals surface area (Å²) in [5, 5.41) is 9.34. The molecule has 0 unspecified atom stereocenters. The number of carbonyl (C=O) groups is 2. The number of carboxylic acids is 1. The van der Waals surface area contributed by atoms with Gasteiger partial charge in [0.1, 0.15) is 19.0 Å². The van der Waals surface area contributed by atoms with Crippen molar-refractivity contribution in [2.45, 2.75) is 97.3 Å². The van der Waals surface area contributed by atoms with Crippen molar-refractivity contribution >= 4 is 17.6 Å². The molecule has 1 fully saturated rings. The number of nitrogens with zero attached hydrogens (tertiary/aromatic N) is 1. The van der Waals surface area contributed by atoms with Gasteiger partial charge in [0.15, 0.2) is 0 Å². The zero-order chi connectivity index (χ0) is 32.2. The Hall–Kier alpha value is -3.80. The van der Waals surface area contributed by atoms with E-state index in [9.17, 15) is 14.7 Å². The minimum atomic E-state index is -0.943. The summed E-state index contributed by atoms with van der Waals surface area (Å²) in [4.78, 5) is 26.2. The van der Waals surface area contributed by atoms with Crippen LogP contribution in [0.15, 0.2) is 60.7 Å². The van der Waals surface area contributed by atoms with Crippen LogP contribution in [0, 0.1) is 0 Å². The van der Waals surface area contributed by atoms with E-state index in [0.29, 0.717) is 6.42 Å². The van der Waals surface area contributed by atoms with Gasteiger partial charge in [-0.15, -0.1) is 0 Å². The molecule has 1 saturated heterocycles. The molecule has 45 heavy (non-hydrogen) atoms. The molecular weight excluding hydrogens is 562 g/mol. The van der Waals surface area contributed by atoms with Crippen LogP contribution in [0.5, 0.6) is 5.75 Å². The minimum absolute atomic E-state index is 0.0526. The standard InChI is InChI=1S/C39H51NO5/c1-5-6-7-8-9-10-11-14-37(41)45-26-25-44-36-22-20-31(29-15-17-30(18-16-29)38(42)43)27-33(36)32-19-21-35(40-23-12-13-24-40)34(28-32)39(2,3)4/h15-22,27-28H,5-14,23-26H2,1-4H3,(H,42,43). The number of carboxylic acid groups (broad SMARTS) is 1. The minimum Gasteiger partial charge on any atom is -0.489 e. The summed E-state index contributed by atoms with van der Waals surface area (Å²) in [5.41, 5.74) is 6.69. The largest absolute Gasteiger partial charge is 0.489 e. The maximum atomic E-state index is 12.3.